The average molecular weight is 785 g/mol. The van der Waals surface area contributed by atoms with Gasteiger partial charge in [0.15, 0.2) is 0 Å². The van der Waals surface area contributed by atoms with Gasteiger partial charge in [-0.2, -0.15) is 0 Å². The molecule has 14 rings (SSSR count). The van der Waals surface area contributed by atoms with Crippen molar-refractivity contribution in [3.05, 3.63) is 194 Å². The lowest BCUT2D eigenvalue weighted by Crippen LogP contribution is -2.59. The van der Waals surface area contributed by atoms with E-state index in [9.17, 15) is 0 Å². The van der Waals surface area contributed by atoms with E-state index in [1.807, 2.05) is 0 Å². The first-order valence-corrected chi connectivity index (χ1v) is 22.2. The molecule has 10 aromatic rings. The minimum atomic E-state index is 0.340. The standard InChI is InChI=1S/C58H44N2O/c1-5-16-52(60-53-17-6-2-13-48(53)49-14-3-7-18-54(49)60)47(12-1)39-22-20-37(21-23-39)38-24-26-44(27-25-38)59(46-28-29-56-51(33-46)50-15-4-8-19-55(50)61-56)45-11-9-10-40(32-45)57-34-42-30-41-31-43(35-57)58(41,42)36-57/h1-29,32-33,41-43H,30-31,34-36H2/t41?,42-,43-,57?,58?/m0/s1. The smallest absolute Gasteiger partial charge is 0.135 e. The van der Waals surface area contributed by atoms with Gasteiger partial charge in [0.25, 0.3) is 0 Å². The topological polar surface area (TPSA) is 21.3 Å². The molecule has 0 unspecified atom stereocenters. The highest BCUT2D eigenvalue weighted by molar-refractivity contribution is 6.10. The maximum Gasteiger partial charge on any atom is 0.135 e. The third kappa shape index (κ3) is 4.69. The lowest BCUT2D eigenvalue weighted by atomic mass is 9.38. The zero-order valence-electron chi connectivity index (χ0n) is 34.0. The van der Waals surface area contributed by atoms with Gasteiger partial charge in [-0.1, -0.05) is 121 Å². The molecule has 1 spiro atoms. The molecule has 292 valence electrons. The van der Waals surface area contributed by atoms with E-state index < -0.39 is 0 Å². The SMILES string of the molecule is c1cc(N(c2ccc(-c3ccc(-c4ccccc4-n4c5ccccc5c5ccccc54)cc3)cc2)c2ccc3oc4ccccc4c3c2)cc(C23C[C@@H]4CC5C[C@@H](C2)C54C3)c1. The van der Waals surface area contributed by atoms with Crippen molar-refractivity contribution >= 4 is 60.8 Å². The van der Waals surface area contributed by atoms with Crippen LogP contribution in [0.25, 0.3) is 71.7 Å². The summed E-state index contributed by atoms with van der Waals surface area (Å²) in [6, 6.07) is 69.3. The Morgan fingerprint density at radius 3 is 1.77 bits per heavy atom. The zero-order chi connectivity index (χ0) is 39.9. The number of furan rings is 1. The minimum absolute atomic E-state index is 0.340. The van der Waals surface area contributed by atoms with Gasteiger partial charge in [0.2, 0.25) is 0 Å². The summed E-state index contributed by atoms with van der Waals surface area (Å²) in [7, 11) is 0. The lowest BCUT2D eigenvalue weighted by molar-refractivity contribution is -0.175. The number of anilines is 3. The highest BCUT2D eigenvalue weighted by Crippen LogP contribution is 2.84. The van der Waals surface area contributed by atoms with Crippen molar-refractivity contribution in [2.75, 3.05) is 4.90 Å². The summed E-state index contributed by atoms with van der Waals surface area (Å²) in [5.41, 5.74) is 16.4. The molecule has 0 N–H and O–H groups in total. The second-order valence-corrected chi connectivity index (χ2v) is 18.7. The number of aromatic nitrogens is 1. The monoisotopic (exact) mass is 784 g/mol. The average Bonchev–Trinajstić information content (AvgIpc) is 4.04. The number of para-hydroxylation sites is 4. The molecule has 4 aliphatic rings. The van der Waals surface area contributed by atoms with Gasteiger partial charge in [0.05, 0.1) is 16.7 Å². The molecule has 4 saturated carbocycles. The van der Waals surface area contributed by atoms with Crippen molar-refractivity contribution in [3.8, 4) is 27.9 Å². The molecule has 2 heterocycles. The molecular weight excluding hydrogens is 741 g/mol. The highest BCUT2D eigenvalue weighted by Gasteiger charge is 2.77. The van der Waals surface area contributed by atoms with E-state index in [4.69, 9.17) is 4.42 Å². The number of nitrogens with zero attached hydrogens (tertiary/aromatic N) is 2. The summed E-state index contributed by atoms with van der Waals surface area (Å²) in [5, 5.41) is 4.85. The third-order valence-electron chi connectivity index (χ3n) is 16.1. The molecule has 2 aromatic heterocycles. The van der Waals surface area contributed by atoms with E-state index in [0.29, 0.717) is 10.8 Å². The Labute approximate surface area is 355 Å². The maximum absolute atomic E-state index is 6.30. The Balaban J connectivity index is 0.833. The van der Waals surface area contributed by atoms with Gasteiger partial charge in [0, 0.05) is 44.2 Å². The summed E-state index contributed by atoms with van der Waals surface area (Å²) >= 11 is 0. The van der Waals surface area contributed by atoms with E-state index in [1.165, 1.54) is 87.5 Å². The first-order valence-electron chi connectivity index (χ1n) is 22.2. The van der Waals surface area contributed by atoms with Crippen LogP contribution in [0.5, 0.6) is 0 Å². The summed E-state index contributed by atoms with van der Waals surface area (Å²) in [4.78, 5) is 2.47. The van der Waals surface area contributed by atoms with Crippen LogP contribution in [0.1, 0.15) is 37.7 Å². The molecule has 0 amide bonds. The predicted octanol–water partition coefficient (Wildman–Crippen LogP) is 15.6. The van der Waals surface area contributed by atoms with Crippen LogP contribution in [0.3, 0.4) is 0 Å². The molecule has 4 fully saturated rings. The number of benzene rings is 8. The summed E-state index contributed by atoms with van der Waals surface area (Å²) < 4.78 is 8.72. The zero-order valence-corrected chi connectivity index (χ0v) is 34.0. The number of hydrogen-bond acceptors (Lipinski definition) is 2. The number of hydrogen-bond donors (Lipinski definition) is 0. The van der Waals surface area contributed by atoms with Gasteiger partial charge >= 0.3 is 0 Å². The van der Waals surface area contributed by atoms with E-state index >= 15 is 0 Å². The fraction of sp³-hybridized carbons (Fsp3) is 0.172. The van der Waals surface area contributed by atoms with Crippen LogP contribution in [0.4, 0.5) is 17.1 Å². The molecule has 2 atom stereocenters. The summed E-state index contributed by atoms with van der Waals surface area (Å²) in [6.45, 7) is 0. The Hall–Kier alpha value is -6.84. The van der Waals surface area contributed by atoms with Crippen LogP contribution in [-0.2, 0) is 5.41 Å². The van der Waals surface area contributed by atoms with E-state index in [1.54, 1.807) is 5.56 Å². The molecule has 0 aliphatic heterocycles. The van der Waals surface area contributed by atoms with Crippen molar-refractivity contribution in [1.82, 2.24) is 4.57 Å². The van der Waals surface area contributed by atoms with Crippen LogP contribution >= 0.6 is 0 Å². The molecule has 61 heavy (non-hydrogen) atoms. The quantitative estimate of drug-likeness (QED) is 0.161. The summed E-state index contributed by atoms with van der Waals surface area (Å²) in [6.07, 6.45) is 7.14. The Bertz CT molecular complexity index is 3320. The first kappa shape index (κ1) is 33.9. The molecule has 2 bridgehead atoms. The van der Waals surface area contributed by atoms with Crippen LogP contribution in [0, 0.1) is 23.2 Å². The largest absolute Gasteiger partial charge is 0.456 e. The van der Waals surface area contributed by atoms with Crippen molar-refractivity contribution in [3.63, 3.8) is 0 Å². The first-order chi connectivity index (χ1) is 30.1. The van der Waals surface area contributed by atoms with Gasteiger partial charge in [-0.3, -0.25) is 0 Å². The second kappa shape index (κ2) is 12.4. The van der Waals surface area contributed by atoms with Crippen LogP contribution < -0.4 is 4.90 Å². The van der Waals surface area contributed by atoms with Crippen LogP contribution in [0.15, 0.2) is 192 Å². The van der Waals surface area contributed by atoms with Gasteiger partial charge < -0.3 is 13.9 Å². The van der Waals surface area contributed by atoms with Crippen molar-refractivity contribution in [2.24, 2.45) is 23.2 Å². The third-order valence-corrected chi connectivity index (χ3v) is 16.1. The van der Waals surface area contributed by atoms with Crippen molar-refractivity contribution in [1.29, 1.82) is 0 Å². The van der Waals surface area contributed by atoms with E-state index in [-0.39, 0.29) is 0 Å². The van der Waals surface area contributed by atoms with Crippen molar-refractivity contribution < 1.29 is 4.42 Å². The fourth-order valence-corrected chi connectivity index (χ4v) is 13.4. The molecule has 3 heteroatoms. The van der Waals surface area contributed by atoms with Crippen LogP contribution in [-0.4, -0.2) is 4.57 Å². The minimum Gasteiger partial charge on any atom is -0.456 e. The van der Waals surface area contributed by atoms with E-state index in [0.717, 1.165) is 51.1 Å². The number of fused-ring (bicyclic) bond motifs is 7. The van der Waals surface area contributed by atoms with Gasteiger partial charge in [-0.05, 0) is 150 Å². The maximum atomic E-state index is 6.30. The molecule has 8 aromatic carbocycles. The predicted molar refractivity (Wildman–Crippen MR) is 251 cm³/mol. The lowest BCUT2D eigenvalue weighted by Gasteiger charge is -2.66. The van der Waals surface area contributed by atoms with Gasteiger partial charge in [-0.15, -0.1) is 0 Å². The Kier molecular flexibility index (Phi) is 6.88. The van der Waals surface area contributed by atoms with Crippen LogP contribution in [0.2, 0.25) is 0 Å². The molecule has 3 nitrogen and oxygen atoms in total. The number of rotatable bonds is 7. The highest BCUT2D eigenvalue weighted by atomic mass is 16.3. The van der Waals surface area contributed by atoms with Gasteiger partial charge in [0.1, 0.15) is 11.2 Å². The molecule has 4 aliphatic carbocycles. The second-order valence-electron chi connectivity index (χ2n) is 18.7. The summed E-state index contributed by atoms with van der Waals surface area (Å²) in [5.74, 6) is 2.93. The molecule has 0 radical (unpaired) electrons. The van der Waals surface area contributed by atoms with Crippen molar-refractivity contribution in [2.45, 2.75) is 37.5 Å². The molecular formula is C58H44N2O. The molecule has 0 saturated heterocycles. The normalized spacial score (nSPS) is 23.4. The Morgan fingerprint density at radius 2 is 1.05 bits per heavy atom. The van der Waals surface area contributed by atoms with E-state index in [2.05, 4.69) is 198 Å². The fourth-order valence-electron chi connectivity index (χ4n) is 13.4. The van der Waals surface area contributed by atoms with Gasteiger partial charge in [-0.25, -0.2) is 0 Å². The Morgan fingerprint density at radius 1 is 0.459 bits per heavy atom.